The summed E-state index contributed by atoms with van der Waals surface area (Å²) >= 11 is 0. The normalized spacial score (nSPS) is 13.2. The molecule has 0 aromatic rings. The van der Waals surface area contributed by atoms with Gasteiger partial charge in [-0.3, -0.25) is 0 Å². The molecule has 104 valence electrons. The van der Waals surface area contributed by atoms with E-state index in [-0.39, 0.29) is 6.61 Å². The summed E-state index contributed by atoms with van der Waals surface area (Å²) in [5.74, 6) is 0.719. The maximum absolute atomic E-state index is 9.58. The third-order valence-electron chi connectivity index (χ3n) is 2.52. The van der Waals surface area contributed by atoms with Gasteiger partial charge in [-0.15, -0.1) is 0 Å². The fraction of sp³-hybridized carbons (Fsp3) is 1.00. The van der Waals surface area contributed by atoms with Crippen molar-refractivity contribution in [1.82, 2.24) is 5.32 Å². The van der Waals surface area contributed by atoms with Crippen LogP contribution in [-0.2, 0) is 4.74 Å². The summed E-state index contributed by atoms with van der Waals surface area (Å²) in [5.41, 5.74) is 0. The van der Waals surface area contributed by atoms with E-state index in [1.807, 2.05) is 0 Å². The Kier molecular flexibility index (Phi) is 12.2. The quantitative estimate of drug-likeness (QED) is 0.453. The van der Waals surface area contributed by atoms with E-state index >= 15 is 0 Å². The van der Waals surface area contributed by atoms with Crippen molar-refractivity contribution in [1.29, 1.82) is 0 Å². The molecule has 0 saturated heterocycles. The molecule has 0 aliphatic rings. The molecule has 0 fully saturated rings. The molecule has 0 aromatic carbocycles. The van der Waals surface area contributed by atoms with Crippen LogP contribution in [0.5, 0.6) is 0 Å². The minimum absolute atomic E-state index is 0.239. The van der Waals surface area contributed by atoms with Gasteiger partial charge in [-0.1, -0.05) is 13.8 Å². The van der Waals surface area contributed by atoms with Crippen molar-refractivity contribution in [2.24, 2.45) is 5.92 Å². The molecule has 0 saturated carbocycles. The van der Waals surface area contributed by atoms with Crippen LogP contribution in [-0.4, -0.2) is 49.2 Å². The molecule has 0 spiro atoms. The predicted octanol–water partition coefficient (Wildman–Crippen LogP) is 1.16. The molecular weight excluding hydrogens is 218 g/mol. The fourth-order valence-electron chi connectivity index (χ4n) is 1.50. The maximum Gasteiger partial charge on any atom is 0.0897 e. The summed E-state index contributed by atoms with van der Waals surface area (Å²) in [5, 5.41) is 21.3. The summed E-state index contributed by atoms with van der Waals surface area (Å²) in [6.07, 6.45) is 3.57. The van der Waals surface area contributed by atoms with Crippen LogP contribution >= 0.6 is 0 Å². The summed E-state index contributed by atoms with van der Waals surface area (Å²) < 4.78 is 5.39. The zero-order valence-electron chi connectivity index (χ0n) is 11.3. The third kappa shape index (κ3) is 13.8. The molecule has 4 heteroatoms. The van der Waals surface area contributed by atoms with Crippen LogP contribution in [0.3, 0.4) is 0 Å². The van der Waals surface area contributed by atoms with Gasteiger partial charge in [0.25, 0.3) is 0 Å². The highest BCUT2D eigenvalue weighted by Gasteiger charge is 2.03. The lowest BCUT2D eigenvalue weighted by Crippen LogP contribution is -2.31. The lowest BCUT2D eigenvalue weighted by atomic mass is 10.1. The molecule has 3 N–H and O–H groups in total. The molecule has 1 atom stereocenters. The first-order valence-corrected chi connectivity index (χ1v) is 6.74. The number of aliphatic hydroxyl groups is 2. The summed E-state index contributed by atoms with van der Waals surface area (Å²) in [6, 6.07) is 0. The Hall–Kier alpha value is -0.160. The fourth-order valence-corrected chi connectivity index (χ4v) is 1.50. The maximum atomic E-state index is 9.58. The average molecular weight is 247 g/mol. The molecule has 0 aliphatic heterocycles. The number of nitrogens with one attached hydrogen (secondary N) is 1. The molecule has 0 heterocycles. The molecular formula is C13H29NO3. The SMILES string of the molecule is CC(C)CCCOCC(O)CNCCCCO. The lowest BCUT2D eigenvalue weighted by Gasteiger charge is -2.12. The number of ether oxygens (including phenoxy) is 1. The minimum atomic E-state index is -0.428. The number of rotatable bonds is 12. The first-order valence-electron chi connectivity index (χ1n) is 6.74. The predicted molar refractivity (Wildman–Crippen MR) is 70.1 cm³/mol. The highest BCUT2D eigenvalue weighted by molar-refractivity contribution is 4.58. The van der Waals surface area contributed by atoms with Gasteiger partial charge in [0.1, 0.15) is 0 Å². The topological polar surface area (TPSA) is 61.7 Å². The highest BCUT2D eigenvalue weighted by atomic mass is 16.5. The monoisotopic (exact) mass is 247 g/mol. The largest absolute Gasteiger partial charge is 0.396 e. The van der Waals surface area contributed by atoms with E-state index in [1.165, 1.54) is 6.42 Å². The van der Waals surface area contributed by atoms with E-state index < -0.39 is 6.10 Å². The van der Waals surface area contributed by atoms with Gasteiger partial charge < -0.3 is 20.3 Å². The van der Waals surface area contributed by atoms with Gasteiger partial charge in [-0.2, -0.15) is 0 Å². The van der Waals surface area contributed by atoms with E-state index in [2.05, 4.69) is 19.2 Å². The molecule has 0 aliphatic carbocycles. The highest BCUT2D eigenvalue weighted by Crippen LogP contribution is 2.03. The second-order valence-electron chi connectivity index (χ2n) is 4.90. The smallest absolute Gasteiger partial charge is 0.0897 e. The number of unbranched alkanes of at least 4 members (excludes halogenated alkanes) is 1. The van der Waals surface area contributed by atoms with Crippen molar-refractivity contribution >= 4 is 0 Å². The first-order chi connectivity index (χ1) is 8.16. The van der Waals surface area contributed by atoms with Crippen molar-refractivity contribution in [3.63, 3.8) is 0 Å². The van der Waals surface area contributed by atoms with E-state index in [0.29, 0.717) is 13.2 Å². The molecule has 0 amide bonds. The lowest BCUT2D eigenvalue weighted by molar-refractivity contribution is 0.0348. The number of hydrogen-bond acceptors (Lipinski definition) is 4. The van der Waals surface area contributed by atoms with Gasteiger partial charge in [-0.05, 0) is 38.1 Å². The Morgan fingerprint density at radius 3 is 2.59 bits per heavy atom. The molecule has 1 unspecified atom stereocenters. The number of aliphatic hydroxyl groups excluding tert-OH is 2. The summed E-state index contributed by atoms with van der Waals surface area (Å²) in [7, 11) is 0. The van der Waals surface area contributed by atoms with Gasteiger partial charge in [-0.25, -0.2) is 0 Å². The summed E-state index contributed by atoms with van der Waals surface area (Å²) in [4.78, 5) is 0. The van der Waals surface area contributed by atoms with E-state index in [0.717, 1.165) is 38.3 Å². The van der Waals surface area contributed by atoms with Crippen LogP contribution in [0.2, 0.25) is 0 Å². The van der Waals surface area contributed by atoms with Crippen LogP contribution in [0.4, 0.5) is 0 Å². The van der Waals surface area contributed by atoms with E-state index in [9.17, 15) is 5.11 Å². The minimum Gasteiger partial charge on any atom is -0.396 e. The zero-order chi connectivity index (χ0) is 12.9. The van der Waals surface area contributed by atoms with E-state index in [4.69, 9.17) is 9.84 Å². The van der Waals surface area contributed by atoms with Gasteiger partial charge in [0.15, 0.2) is 0 Å². The Morgan fingerprint density at radius 1 is 1.18 bits per heavy atom. The van der Waals surface area contributed by atoms with Crippen LogP contribution < -0.4 is 5.32 Å². The second kappa shape index (κ2) is 12.3. The zero-order valence-corrected chi connectivity index (χ0v) is 11.3. The Balaban J connectivity index is 3.14. The standard InChI is InChI=1S/C13H29NO3/c1-12(2)6-5-9-17-11-13(16)10-14-7-3-4-8-15/h12-16H,3-11H2,1-2H3. The molecule has 17 heavy (non-hydrogen) atoms. The van der Waals surface area contributed by atoms with Crippen molar-refractivity contribution in [2.45, 2.75) is 45.6 Å². The van der Waals surface area contributed by atoms with Gasteiger partial charge in [0.05, 0.1) is 12.7 Å². The summed E-state index contributed by atoms with van der Waals surface area (Å²) in [6.45, 7) is 7.19. The molecule has 0 bridgehead atoms. The Bertz CT molecular complexity index is 154. The van der Waals surface area contributed by atoms with Crippen molar-refractivity contribution in [3.05, 3.63) is 0 Å². The second-order valence-corrected chi connectivity index (χ2v) is 4.90. The van der Waals surface area contributed by atoms with Crippen molar-refractivity contribution in [2.75, 3.05) is 32.9 Å². The van der Waals surface area contributed by atoms with E-state index in [1.54, 1.807) is 0 Å². The van der Waals surface area contributed by atoms with Crippen molar-refractivity contribution in [3.8, 4) is 0 Å². The molecule has 0 radical (unpaired) electrons. The average Bonchev–Trinajstić information content (AvgIpc) is 2.28. The molecule has 0 aromatic heterocycles. The first kappa shape index (κ1) is 16.8. The van der Waals surface area contributed by atoms with Gasteiger partial charge >= 0.3 is 0 Å². The van der Waals surface area contributed by atoms with Crippen LogP contribution in [0.25, 0.3) is 0 Å². The van der Waals surface area contributed by atoms with Crippen LogP contribution in [0, 0.1) is 5.92 Å². The van der Waals surface area contributed by atoms with Gasteiger partial charge in [0, 0.05) is 19.8 Å². The Morgan fingerprint density at radius 2 is 1.94 bits per heavy atom. The van der Waals surface area contributed by atoms with Crippen molar-refractivity contribution < 1.29 is 14.9 Å². The van der Waals surface area contributed by atoms with Gasteiger partial charge in [0.2, 0.25) is 0 Å². The molecule has 4 nitrogen and oxygen atoms in total. The third-order valence-corrected chi connectivity index (χ3v) is 2.52. The van der Waals surface area contributed by atoms with Crippen LogP contribution in [0.15, 0.2) is 0 Å². The Labute approximate surface area is 105 Å². The number of hydrogen-bond donors (Lipinski definition) is 3. The molecule has 0 rings (SSSR count). The van der Waals surface area contributed by atoms with Crippen LogP contribution in [0.1, 0.15) is 39.5 Å².